The van der Waals surface area contributed by atoms with Crippen molar-refractivity contribution < 1.29 is 9.47 Å². The third kappa shape index (κ3) is 4.61. The number of hydrogen-bond donors (Lipinski definition) is 0. The fourth-order valence-corrected chi connectivity index (χ4v) is 13.4. The summed E-state index contributed by atoms with van der Waals surface area (Å²) in [6, 6.07) is 36.7. The maximum absolute atomic E-state index is 7.51. The first-order chi connectivity index (χ1) is 16.0. The van der Waals surface area contributed by atoms with Gasteiger partial charge in [0, 0.05) is 0 Å². The van der Waals surface area contributed by atoms with E-state index in [2.05, 4.69) is 36.4 Å². The molecule has 4 aromatic rings. The van der Waals surface area contributed by atoms with Crippen molar-refractivity contribution in [2.45, 2.75) is 0 Å². The molecule has 0 saturated carbocycles. The lowest BCUT2D eigenvalue weighted by atomic mass is 10.3. The van der Waals surface area contributed by atoms with Gasteiger partial charge in [0.2, 0.25) is 0 Å². The minimum Gasteiger partial charge on any atom is -0.493 e. The second-order valence-corrected chi connectivity index (χ2v) is 14.5. The van der Waals surface area contributed by atoms with Crippen LogP contribution in [-0.2, 0) is 0 Å². The Labute approximate surface area is 200 Å². The van der Waals surface area contributed by atoms with Gasteiger partial charge in [0.05, 0.1) is 39.1 Å². The fraction of sp³-hybridized carbons (Fsp3) is 0.111. The highest BCUT2D eigenvalue weighted by Gasteiger charge is 2.53. The van der Waals surface area contributed by atoms with Gasteiger partial charge < -0.3 is 9.47 Å². The maximum atomic E-state index is 7.51. The molecular formula is C27H26B2O2P2+2. The number of para-hydroxylation sites is 2. The average molecular weight is 466 g/mol. The maximum Gasteiger partial charge on any atom is 0.382 e. The van der Waals surface area contributed by atoms with Gasteiger partial charge in [0.1, 0.15) is 16.5 Å². The molecule has 0 amide bonds. The van der Waals surface area contributed by atoms with Crippen LogP contribution in [0.3, 0.4) is 0 Å². The second-order valence-electron chi connectivity index (χ2n) is 7.89. The van der Waals surface area contributed by atoms with Gasteiger partial charge in [-0.05, 0) is 48.5 Å². The number of methoxy groups -OCH3 is 2. The van der Waals surface area contributed by atoms with Gasteiger partial charge in [-0.1, -0.05) is 60.7 Å². The summed E-state index contributed by atoms with van der Waals surface area (Å²) in [6.07, 6.45) is 0. The summed E-state index contributed by atoms with van der Waals surface area (Å²) < 4.78 is 11.6. The molecular weight excluding hydrogens is 440 g/mol. The Hall–Kier alpha value is -2.53. The molecule has 4 radical (unpaired) electrons. The van der Waals surface area contributed by atoms with E-state index in [4.69, 9.17) is 24.6 Å². The molecule has 33 heavy (non-hydrogen) atoms. The van der Waals surface area contributed by atoms with Crippen LogP contribution in [-0.4, -0.2) is 35.3 Å². The first-order valence-corrected chi connectivity index (χ1v) is 14.8. The summed E-state index contributed by atoms with van der Waals surface area (Å²) in [5.74, 6) is 2.18. The third-order valence-electron chi connectivity index (χ3n) is 5.91. The Kier molecular flexibility index (Phi) is 7.28. The van der Waals surface area contributed by atoms with Gasteiger partial charge in [-0.2, -0.15) is 0 Å². The first-order valence-electron chi connectivity index (χ1n) is 10.7. The molecule has 0 fully saturated rings. The van der Waals surface area contributed by atoms with Crippen molar-refractivity contribution in [2.24, 2.45) is 0 Å². The lowest BCUT2D eigenvalue weighted by Gasteiger charge is -2.32. The molecule has 0 N–H and O–H groups in total. The molecule has 2 atom stereocenters. The SMILES string of the molecule is [B][P+](C[P+]([B])(c1ccccc1)c1ccccc1OC)(c1ccccc1)c1ccccc1OC. The van der Waals surface area contributed by atoms with Crippen LogP contribution in [0.15, 0.2) is 109 Å². The highest BCUT2D eigenvalue weighted by molar-refractivity contribution is 8.21. The zero-order valence-electron chi connectivity index (χ0n) is 19.0. The molecule has 6 heteroatoms. The fourth-order valence-electron chi connectivity index (χ4n) is 4.25. The summed E-state index contributed by atoms with van der Waals surface area (Å²) in [5.41, 5.74) is 0. The highest BCUT2D eigenvalue weighted by Crippen LogP contribution is 2.69. The van der Waals surface area contributed by atoms with Gasteiger partial charge in [0.15, 0.2) is 11.5 Å². The molecule has 4 rings (SSSR count). The molecule has 2 unspecified atom stereocenters. The van der Waals surface area contributed by atoms with E-state index in [1.165, 1.54) is 0 Å². The topological polar surface area (TPSA) is 18.5 Å². The molecule has 0 bridgehead atoms. The van der Waals surface area contributed by atoms with Crippen molar-refractivity contribution >= 4 is 50.6 Å². The van der Waals surface area contributed by atoms with Crippen LogP contribution in [0.5, 0.6) is 11.5 Å². The van der Waals surface area contributed by atoms with E-state index in [1.54, 1.807) is 14.2 Å². The zero-order chi connectivity index (χ0) is 23.3. The van der Waals surface area contributed by atoms with Crippen LogP contribution < -0.4 is 30.7 Å². The van der Waals surface area contributed by atoms with Crippen LogP contribution in [0.4, 0.5) is 0 Å². The Bertz CT molecular complexity index is 1110. The summed E-state index contributed by atoms with van der Waals surface area (Å²) in [7, 11) is 13.5. The normalized spacial score (nSPS) is 14.6. The molecule has 0 aliphatic heterocycles. The predicted molar refractivity (Wildman–Crippen MR) is 148 cm³/mol. The minimum absolute atomic E-state index is 0.606. The molecule has 4 aromatic carbocycles. The smallest absolute Gasteiger partial charge is 0.382 e. The Morgan fingerprint density at radius 2 is 0.848 bits per heavy atom. The Morgan fingerprint density at radius 1 is 0.515 bits per heavy atom. The molecule has 0 spiro atoms. The number of benzene rings is 4. The van der Waals surface area contributed by atoms with Crippen molar-refractivity contribution in [3.05, 3.63) is 109 Å². The number of rotatable bonds is 8. The predicted octanol–water partition coefficient (Wildman–Crippen LogP) is 4.47. The monoisotopic (exact) mass is 466 g/mol. The molecule has 0 aromatic heterocycles. The molecule has 2 nitrogen and oxygen atoms in total. The van der Waals surface area contributed by atoms with Gasteiger partial charge in [-0.15, -0.1) is 0 Å². The van der Waals surface area contributed by atoms with Crippen molar-refractivity contribution in [1.82, 2.24) is 0 Å². The lowest BCUT2D eigenvalue weighted by Crippen LogP contribution is -2.33. The average Bonchev–Trinajstić information content (AvgIpc) is 2.89. The molecule has 0 aliphatic rings. The zero-order valence-corrected chi connectivity index (χ0v) is 20.8. The molecule has 160 valence electrons. The van der Waals surface area contributed by atoms with Crippen LogP contribution in [0.1, 0.15) is 0 Å². The highest BCUT2D eigenvalue weighted by atomic mass is 31.2. The minimum atomic E-state index is -2.47. The number of ether oxygens (including phenoxy) is 2. The second kappa shape index (κ2) is 10.2. The molecule has 0 heterocycles. The summed E-state index contributed by atoms with van der Waals surface area (Å²) in [5, 5.41) is 4.21. The van der Waals surface area contributed by atoms with Crippen LogP contribution in [0, 0.1) is 0 Å². The summed E-state index contributed by atoms with van der Waals surface area (Å²) in [4.78, 5) is 0. The van der Waals surface area contributed by atoms with E-state index in [-0.39, 0.29) is 0 Å². The Balaban J connectivity index is 1.98. The van der Waals surface area contributed by atoms with Gasteiger partial charge >= 0.3 is 15.1 Å². The van der Waals surface area contributed by atoms with Crippen LogP contribution in [0.25, 0.3) is 0 Å². The Morgan fingerprint density at radius 3 is 1.21 bits per heavy atom. The van der Waals surface area contributed by atoms with Gasteiger partial charge in [-0.3, -0.25) is 0 Å². The first kappa shape index (κ1) is 23.6. The lowest BCUT2D eigenvalue weighted by molar-refractivity contribution is 0.418. The van der Waals surface area contributed by atoms with Crippen molar-refractivity contribution in [3.8, 4) is 11.5 Å². The standard InChI is InChI=1S/C27H26B2O2P2/c1-30-24-17-9-11-19-26(24)32(28,22-13-5-3-6-14-22)21-33(29,23-15-7-4-8-16-23)27-20-12-10-18-25(27)31-2/h3-20H,21H2,1-2H3/q+2. The van der Waals surface area contributed by atoms with Gasteiger partial charge in [0.25, 0.3) is 0 Å². The quantitative estimate of drug-likeness (QED) is 0.282. The van der Waals surface area contributed by atoms with E-state index in [0.29, 0.717) is 5.90 Å². The number of hydrogen-bond acceptors (Lipinski definition) is 2. The van der Waals surface area contributed by atoms with Crippen molar-refractivity contribution in [3.63, 3.8) is 0 Å². The summed E-state index contributed by atoms with van der Waals surface area (Å²) in [6.45, 7) is 0. The van der Waals surface area contributed by atoms with Crippen LogP contribution >= 0.6 is 14.3 Å². The summed E-state index contributed by atoms with van der Waals surface area (Å²) >= 11 is 0. The van der Waals surface area contributed by atoms with Crippen molar-refractivity contribution in [1.29, 1.82) is 0 Å². The van der Waals surface area contributed by atoms with E-state index in [1.807, 2.05) is 72.8 Å². The van der Waals surface area contributed by atoms with Gasteiger partial charge in [-0.25, -0.2) is 0 Å². The molecule has 0 saturated heterocycles. The third-order valence-corrected chi connectivity index (χ3v) is 14.4. The van der Waals surface area contributed by atoms with E-state index in [0.717, 1.165) is 32.7 Å². The van der Waals surface area contributed by atoms with E-state index >= 15 is 0 Å². The largest absolute Gasteiger partial charge is 0.493 e. The van der Waals surface area contributed by atoms with E-state index < -0.39 is 14.3 Å². The van der Waals surface area contributed by atoms with Crippen LogP contribution in [0.2, 0.25) is 0 Å². The van der Waals surface area contributed by atoms with Crippen molar-refractivity contribution in [2.75, 3.05) is 20.1 Å². The molecule has 0 aliphatic carbocycles. The van der Waals surface area contributed by atoms with E-state index in [9.17, 15) is 0 Å².